The highest BCUT2D eigenvalue weighted by Crippen LogP contribution is 2.66. The Labute approximate surface area is 112 Å². The summed E-state index contributed by atoms with van der Waals surface area (Å²) in [5, 5.41) is 9.39. The van der Waals surface area contributed by atoms with Crippen LogP contribution in [0.4, 0.5) is 0 Å². The summed E-state index contributed by atoms with van der Waals surface area (Å²) in [5.41, 5.74) is 0.427. The summed E-state index contributed by atoms with van der Waals surface area (Å²) < 4.78 is 5.46. The Hall–Kier alpha value is -1.32. The Bertz CT molecular complexity index is 490. The largest absolute Gasteiger partial charge is 0.478 e. The number of carboxylic acids is 1. The molecule has 4 nitrogen and oxygen atoms in total. The molecule has 1 spiro atoms. The third kappa shape index (κ3) is 1.58. The number of hydrogen-bond donors (Lipinski definition) is 1. The van der Waals surface area contributed by atoms with Gasteiger partial charge in [-0.1, -0.05) is 19.9 Å². The maximum atomic E-state index is 11.7. The minimum atomic E-state index is -0.876. The van der Waals surface area contributed by atoms with Crippen LogP contribution in [0.3, 0.4) is 0 Å². The van der Waals surface area contributed by atoms with E-state index in [9.17, 15) is 14.7 Å². The molecule has 1 heterocycles. The second kappa shape index (κ2) is 3.62. The number of allylic oxidation sites excluding steroid dienone is 1. The zero-order chi connectivity index (χ0) is 14.0. The van der Waals surface area contributed by atoms with Gasteiger partial charge in [0.05, 0.1) is 6.42 Å². The van der Waals surface area contributed by atoms with Crippen LogP contribution in [0.1, 0.15) is 40.0 Å². The summed E-state index contributed by atoms with van der Waals surface area (Å²) in [6.45, 7) is 6.36. The van der Waals surface area contributed by atoms with E-state index in [0.29, 0.717) is 5.57 Å². The van der Waals surface area contributed by atoms with E-state index in [1.54, 1.807) is 0 Å². The van der Waals surface area contributed by atoms with Gasteiger partial charge >= 0.3 is 11.9 Å². The molecule has 104 valence electrons. The molecule has 1 saturated heterocycles. The van der Waals surface area contributed by atoms with Gasteiger partial charge in [0.2, 0.25) is 0 Å². The average Bonchev–Trinajstić information content (AvgIpc) is 2.68. The molecule has 4 atom stereocenters. The van der Waals surface area contributed by atoms with Crippen LogP contribution in [0, 0.1) is 22.7 Å². The number of ether oxygens (including phenoxy) is 1. The highest BCUT2D eigenvalue weighted by molar-refractivity contribution is 5.90. The van der Waals surface area contributed by atoms with E-state index in [4.69, 9.17) is 4.74 Å². The first-order valence-corrected chi connectivity index (χ1v) is 6.91. The third-order valence-electron chi connectivity index (χ3n) is 5.34. The number of cyclic esters (lactones) is 1. The van der Waals surface area contributed by atoms with Crippen LogP contribution < -0.4 is 0 Å². The zero-order valence-corrected chi connectivity index (χ0v) is 11.6. The number of aliphatic carboxylic acids is 1. The number of esters is 1. The Kier molecular flexibility index (Phi) is 2.42. The van der Waals surface area contributed by atoms with Crippen molar-refractivity contribution >= 4 is 11.9 Å². The molecule has 4 heteroatoms. The highest BCUT2D eigenvalue weighted by Gasteiger charge is 2.64. The maximum absolute atomic E-state index is 11.7. The molecule has 0 bridgehead atoms. The summed E-state index contributed by atoms with van der Waals surface area (Å²) in [6, 6.07) is 0. The van der Waals surface area contributed by atoms with Crippen molar-refractivity contribution in [2.24, 2.45) is 22.7 Å². The van der Waals surface area contributed by atoms with E-state index < -0.39 is 5.97 Å². The van der Waals surface area contributed by atoms with E-state index in [2.05, 4.69) is 13.8 Å². The van der Waals surface area contributed by atoms with Gasteiger partial charge in [-0.05, 0) is 31.1 Å². The van der Waals surface area contributed by atoms with Crippen molar-refractivity contribution in [3.05, 3.63) is 11.6 Å². The SMILES string of the molecule is C[C@@H]1OC(=O)C[C@H]2C(C(=O)O)=CC3CC(C)(C)C[C@]312. The lowest BCUT2D eigenvalue weighted by Crippen LogP contribution is -2.48. The van der Waals surface area contributed by atoms with Crippen molar-refractivity contribution < 1.29 is 19.4 Å². The predicted molar refractivity (Wildman–Crippen MR) is 68.3 cm³/mol. The fourth-order valence-corrected chi connectivity index (χ4v) is 4.81. The van der Waals surface area contributed by atoms with Gasteiger partial charge in [-0.2, -0.15) is 0 Å². The molecule has 1 saturated carbocycles. The summed E-state index contributed by atoms with van der Waals surface area (Å²) in [6.07, 6.45) is 3.83. The topological polar surface area (TPSA) is 63.6 Å². The van der Waals surface area contributed by atoms with Crippen LogP contribution in [-0.2, 0) is 14.3 Å². The zero-order valence-electron chi connectivity index (χ0n) is 11.6. The number of carbonyl (C=O) groups is 2. The molecule has 3 aliphatic rings. The molecule has 1 N–H and O–H groups in total. The molecular weight excluding hydrogens is 244 g/mol. The number of hydrogen-bond acceptors (Lipinski definition) is 3. The lowest BCUT2D eigenvalue weighted by atomic mass is 9.64. The Morgan fingerprint density at radius 2 is 2.16 bits per heavy atom. The molecule has 19 heavy (non-hydrogen) atoms. The first kappa shape index (κ1) is 12.7. The van der Waals surface area contributed by atoms with Gasteiger partial charge in [0.15, 0.2) is 0 Å². The third-order valence-corrected chi connectivity index (χ3v) is 5.34. The summed E-state index contributed by atoms with van der Waals surface area (Å²) in [4.78, 5) is 23.1. The van der Waals surface area contributed by atoms with Crippen LogP contribution in [0.15, 0.2) is 11.6 Å². The molecule has 3 rings (SSSR count). The number of carbonyl (C=O) groups excluding carboxylic acids is 1. The normalized spacial score (nSPS) is 43.2. The number of rotatable bonds is 1. The lowest BCUT2D eigenvalue weighted by Gasteiger charge is -2.45. The smallest absolute Gasteiger partial charge is 0.331 e. The summed E-state index contributed by atoms with van der Waals surface area (Å²) in [5.74, 6) is -1.09. The first-order valence-electron chi connectivity index (χ1n) is 6.91. The van der Waals surface area contributed by atoms with E-state index in [0.717, 1.165) is 12.8 Å². The quantitative estimate of drug-likeness (QED) is 0.739. The first-order chi connectivity index (χ1) is 8.76. The van der Waals surface area contributed by atoms with Gasteiger partial charge < -0.3 is 9.84 Å². The highest BCUT2D eigenvalue weighted by atomic mass is 16.5. The van der Waals surface area contributed by atoms with E-state index in [-0.39, 0.29) is 41.2 Å². The van der Waals surface area contributed by atoms with Crippen LogP contribution in [0.2, 0.25) is 0 Å². The summed E-state index contributed by atoms with van der Waals surface area (Å²) >= 11 is 0. The maximum Gasteiger partial charge on any atom is 0.331 e. The van der Waals surface area contributed by atoms with E-state index >= 15 is 0 Å². The average molecular weight is 264 g/mol. The van der Waals surface area contributed by atoms with Gasteiger partial charge in [0.1, 0.15) is 6.10 Å². The van der Waals surface area contributed by atoms with Crippen molar-refractivity contribution in [3.8, 4) is 0 Å². The monoisotopic (exact) mass is 264 g/mol. The molecule has 1 unspecified atom stereocenters. The standard InChI is InChI=1S/C15H20O4/c1-8-15-7-14(2,3)6-9(15)4-10(13(17)18)11(15)5-12(16)19-8/h4,8-9,11H,5-7H2,1-3H3,(H,17,18)/t8-,9?,11-,15+/m0/s1. The molecule has 0 radical (unpaired) electrons. The van der Waals surface area contributed by atoms with Crippen molar-refractivity contribution in [2.45, 2.75) is 46.1 Å². The van der Waals surface area contributed by atoms with Crippen LogP contribution in [0.25, 0.3) is 0 Å². The Morgan fingerprint density at radius 1 is 1.47 bits per heavy atom. The second-order valence-electron chi connectivity index (χ2n) is 7.08. The fraction of sp³-hybridized carbons (Fsp3) is 0.733. The van der Waals surface area contributed by atoms with Gasteiger partial charge in [0.25, 0.3) is 0 Å². The molecular formula is C15H20O4. The summed E-state index contributed by atoms with van der Waals surface area (Å²) in [7, 11) is 0. The minimum absolute atomic E-state index is 0.173. The van der Waals surface area contributed by atoms with Gasteiger partial charge in [-0.3, -0.25) is 4.79 Å². The molecule has 0 aromatic heterocycles. The van der Waals surface area contributed by atoms with Crippen molar-refractivity contribution in [1.82, 2.24) is 0 Å². The predicted octanol–water partition coefficient (Wildman–Crippen LogP) is 2.39. The van der Waals surface area contributed by atoms with Gasteiger partial charge in [0, 0.05) is 16.9 Å². The number of carboxylic acid groups (broad SMARTS) is 1. The molecule has 0 amide bonds. The Morgan fingerprint density at radius 3 is 2.79 bits per heavy atom. The van der Waals surface area contributed by atoms with Crippen molar-refractivity contribution in [2.75, 3.05) is 0 Å². The lowest BCUT2D eigenvalue weighted by molar-refractivity contribution is -0.172. The molecule has 2 fully saturated rings. The van der Waals surface area contributed by atoms with Crippen molar-refractivity contribution in [1.29, 1.82) is 0 Å². The van der Waals surface area contributed by atoms with Crippen LogP contribution in [0.5, 0.6) is 0 Å². The minimum Gasteiger partial charge on any atom is -0.478 e. The fourth-order valence-electron chi connectivity index (χ4n) is 4.81. The molecule has 2 aliphatic carbocycles. The Balaban J connectivity index is 2.08. The van der Waals surface area contributed by atoms with Crippen LogP contribution in [-0.4, -0.2) is 23.1 Å². The molecule has 0 aromatic rings. The van der Waals surface area contributed by atoms with E-state index in [1.807, 2.05) is 13.0 Å². The van der Waals surface area contributed by atoms with Gasteiger partial charge in [-0.15, -0.1) is 0 Å². The molecule has 1 aliphatic heterocycles. The van der Waals surface area contributed by atoms with E-state index in [1.165, 1.54) is 0 Å². The molecule has 0 aromatic carbocycles. The second-order valence-corrected chi connectivity index (χ2v) is 7.08. The van der Waals surface area contributed by atoms with Crippen LogP contribution >= 0.6 is 0 Å². The van der Waals surface area contributed by atoms with Gasteiger partial charge in [-0.25, -0.2) is 4.79 Å². The van der Waals surface area contributed by atoms with Crippen molar-refractivity contribution in [3.63, 3.8) is 0 Å².